The van der Waals surface area contributed by atoms with Gasteiger partial charge in [0, 0.05) is 0 Å². The molecule has 72 valence electrons. The molecule has 0 saturated heterocycles. The van der Waals surface area contributed by atoms with Crippen LogP contribution >= 0.6 is 22.6 Å². The van der Waals surface area contributed by atoms with E-state index < -0.39 is 0 Å². The van der Waals surface area contributed by atoms with Crippen LogP contribution in [0.2, 0.25) is 0 Å². The summed E-state index contributed by atoms with van der Waals surface area (Å²) in [5.74, 6) is 0.857. The van der Waals surface area contributed by atoms with Gasteiger partial charge in [-0.3, -0.25) is 0 Å². The van der Waals surface area contributed by atoms with E-state index in [0.717, 1.165) is 15.1 Å². The van der Waals surface area contributed by atoms with Gasteiger partial charge in [0.15, 0.2) is 0 Å². The zero-order chi connectivity index (χ0) is 9.97. The summed E-state index contributed by atoms with van der Waals surface area (Å²) in [6.45, 7) is 0. The molecule has 0 spiro atoms. The average Bonchev–Trinajstić information content (AvgIpc) is 2.65. The molecule has 0 aliphatic carbocycles. The highest BCUT2D eigenvalue weighted by Gasteiger charge is 2.01. The molecule has 0 atom stereocenters. The fourth-order valence-corrected chi connectivity index (χ4v) is 1.76. The van der Waals surface area contributed by atoms with Gasteiger partial charge in [0.05, 0.1) is 19.0 Å². The van der Waals surface area contributed by atoms with Crippen LogP contribution in [0.25, 0.3) is 5.69 Å². The van der Waals surface area contributed by atoms with E-state index in [4.69, 9.17) is 4.74 Å². The van der Waals surface area contributed by atoms with Gasteiger partial charge in [-0.2, -0.15) is 5.10 Å². The zero-order valence-corrected chi connectivity index (χ0v) is 9.80. The molecule has 0 aliphatic rings. The lowest BCUT2D eigenvalue weighted by Gasteiger charge is -2.04. The number of rotatable bonds is 2. The summed E-state index contributed by atoms with van der Waals surface area (Å²) in [6.07, 6.45) is 1.78. The van der Waals surface area contributed by atoms with Gasteiger partial charge in [-0.25, -0.2) is 4.68 Å². The summed E-state index contributed by atoms with van der Waals surface area (Å²) in [5.41, 5.74) is 1.04. The molecule has 2 rings (SSSR count). The second-order valence-electron chi connectivity index (χ2n) is 2.76. The molecule has 1 aromatic carbocycles. The van der Waals surface area contributed by atoms with Crippen LogP contribution in [0.5, 0.6) is 5.75 Å². The number of nitrogens with zero attached hydrogens (tertiary/aromatic N) is 2. The van der Waals surface area contributed by atoms with Crippen LogP contribution in [0, 0.1) is 3.70 Å². The number of benzene rings is 1. The van der Waals surface area contributed by atoms with E-state index in [9.17, 15) is 0 Å². The van der Waals surface area contributed by atoms with Gasteiger partial charge in [0.25, 0.3) is 0 Å². The smallest absolute Gasteiger partial charge is 0.119 e. The van der Waals surface area contributed by atoms with Gasteiger partial charge in [0.2, 0.25) is 0 Å². The van der Waals surface area contributed by atoms with Gasteiger partial charge < -0.3 is 4.74 Å². The molecule has 0 fully saturated rings. The fraction of sp³-hybridized carbons (Fsp3) is 0.100. The molecule has 0 saturated carbocycles. The van der Waals surface area contributed by atoms with Crippen LogP contribution in [0.15, 0.2) is 36.5 Å². The molecule has 4 heteroatoms. The van der Waals surface area contributed by atoms with E-state index in [2.05, 4.69) is 27.7 Å². The van der Waals surface area contributed by atoms with E-state index in [1.54, 1.807) is 13.3 Å². The lowest BCUT2D eigenvalue weighted by Crippen LogP contribution is -1.97. The van der Waals surface area contributed by atoms with Gasteiger partial charge in [0.1, 0.15) is 9.45 Å². The normalized spacial score (nSPS) is 10.1. The minimum atomic E-state index is 0.857. The summed E-state index contributed by atoms with van der Waals surface area (Å²) in [6, 6.07) is 9.77. The Kier molecular flexibility index (Phi) is 2.72. The molecule has 0 amide bonds. The Balaban J connectivity index is 2.39. The Labute approximate surface area is 95.8 Å². The highest BCUT2D eigenvalue weighted by atomic mass is 127. The number of ether oxygens (including phenoxy) is 1. The van der Waals surface area contributed by atoms with Crippen molar-refractivity contribution in [2.24, 2.45) is 0 Å². The van der Waals surface area contributed by atoms with Crippen LogP contribution in [0.1, 0.15) is 0 Å². The monoisotopic (exact) mass is 300 g/mol. The summed E-state index contributed by atoms with van der Waals surface area (Å²) >= 11 is 2.25. The highest BCUT2D eigenvalue weighted by Crippen LogP contribution is 2.16. The van der Waals surface area contributed by atoms with Gasteiger partial charge in [-0.1, -0.05) is 0 Å². The lowest BCUT2D eigenvalue weighted by molar-refractivity contribution is 0.414. The fourth-order valence-electron chi connectivity index (χ4n) is 1.20. The van der Waals surface area contributed by atoms with Crippen LogP contribution in [-0.2, 0) is 0 Å². The third kappa shape index (κ3) is 1.75. The number of hydrogen-bond acceptors (Lipinski definition) is 2. The molecular formula is C10H9IN2O. The predicted octanol–water partition coefficient (Wildman–Crippen LogP) is 2.49. The summed E-state index contributed by atoms with van der Waals surface area (Å²) in [5, 5.41) is 4.21. The van der Waals surface area contributed by atoms with E-state index >= 15 is 0 Å². The Hall–Kier alpha value is -1.04. The van der Waals surface area contributed by atoms with Crippen molar-refractivity contribution in [2.75, 3.05) is 7.11 Å². The third-order valence-electron chi connectivity index (χ3n) is 1.91. The largest absolute Gasteiger partial charge is 0.497 e. The molecule has 0 aliphatic heterocycles. The first kappa shape index (κ1) is 9.51. The molecule has 0 unspecified atom stereocenters. The van der Waals surface area contributed by atoms with Crippen molar-refractivity contribution in [3.63, 3.8) is 0 Å². The van der Waals surface area contributed by atoms with Crippen molar-refractivity contribution in [2.45, 2.75) is 0 Å². The van der Waals surface area contributed by atoms with Crippen molar-refractivity contribution in [3.8, 4) is 11.4 Å². The molecule has 14 heavy (non-hydrogen) atoms. The molecule has 3 nitrogen and oxygen atoms in total. The molecule has 0 radical (unpaired) electrons. The summed E-state index contributed by atoms with van der Waals surface area (Å²) in [7, 11) is 1.66. The molecule has 0 bridgehead atoms. The van der Waals surface area contributed by atoms with Gasteiger partial charge in [-0.05, 0) is 52.9 Å². The first-order chi connectivity index (χ1) is 6.81. The van der Waals surface area contributed by atoms with E-state index in [-0.39, 0.29) is 0 Å². The van der Waals surface area contributed by atoms with E-state index in [1.807, 2.05) is 35.0 Å². The zero-order valence-electron chi connectivity index (χ0n) is 7.64. The third-order valence-corrected chi connectivity index (χ3v) is 2.73. The maximum Gasteiger partial charge on any atom is 0.119 e. The lowest BCUT2D eigenvalue weighted by atomic mass is 10.3. The average molecular weight is 300 g/mol. The number of methoxy groups -OCH3 is 1. The first-order valence-electron chi connectivity index (χ1n) is 4.15. The van der Waals surface area contributed by atoms with Crippen molar-refractivity contribution in [3.05, 3.63) is 40.2 Å². The van der Waals surface area contributed by atoms with Crippen LogP contribution in [0.3, 0.4) is 0 Å². The van der Waals surface area contributed by atoms with E-state index in [0.29, 0.717) is 0 Å². The van der Waals surface area contributed by atoms with Gasteiger partial charge >= 0.3 is 0 Å². The first-order valence-corrected chi connectivity index (χ1v) is 5.23. The Morgan fingerprint density at radius 2 is 1.93 bits per heavy atom. The summed E-state index contributed by atoms with van der Waals surface area (Å²) in [4.78, 5) is 0. The Bertz CT molecular complexity index is 422. The number of aromatic nitrogens is 2. The second-order valence-corrected chi connectivity index (χ2v) is 3.87. The second kappa shape index (κ2) is 4.00. The predicted molar refractivity (Wildman–Crippen MR) is 62.8 cm³/mol. The SMILES string of the molecule is COc1ccc(-n2nccc2I)cc1. The van der Waals surface area contributed by atoms with Crippen molar-refractivity contribution >= 4 is 22.6 Å². The molecule has 1 aromatic heterocycles. The maximum atomic E-state index is 5.09. The summed E-state index contributed by atoms with van der Waals surface area (Å²) < 4.78 is 8.05. The Morgan fingerprint density at radius 1 is 1.21 bits per heavy atom. The highest BCUT2D eigenvalue weighted by molar-refractivity contribution is 14.1. The van der Waals surface area contributed by atoms with Crippen LogP contribution < -0.4 is 4.74 Å². The number of halogens is 1. The van der Waals surface area contributed by atoms with Gasteiger partial charge in [-0.15, -0.1) is 0 Å². The molecule has 0 N–H and O–H groups in total. The van der Waals surface area contributed by atoms with Crippen molar-refractivity contribution in [1.82, 2.24) is 9.78 Å². The van der Waals surface area contributed by atoms with E-state index in [1.165, 1.54) is 0 Å². The molecular weight excluding hydrogens is 291 g/mol. The quantitative estimate of drug-likeness (QED) is 0.797. The topological polar surface area (TPSA) is 27.1 Å². The minimum Gasteiger partial charge on any atom is -0.497 e. The number of hydrogen-bond donors (Lipinski definition) is 0. The minimum absolute atomic E-state index is 0.857. The Morgan fingerprint density at radius 3 is 2.43 bits per heavy atom. The molecule has 1 heterocycles. The standard InChI is InChI=1S/C10H9IN2O/c1-14-9-4-2-8(3-5-9)13-10(11)6-7-12-13/h2-7H,1H3. The van der Waals surface area contributed by atoms with Crippen LogP contribution in [0.4, 0.5) is 0 Å². The van der Waals surface area contributed by atoms with Crippen LogP contribution in [-0.4, -0.2) is 16.9 Å². The van der Waals surface area contributed by atoms with Crippen molar-refractivity contribution in [1.29, 1.82) is 0 Å². The van der Waals surface area contributed by atoms with Crippen molar-refractivity contribution < 1.29 is 4.74 Å². The maximum absolute atomic E-state index is 5.09. The molecule has 2 aromatic rings.